The zero-order chi connectivity index (χ0) is 17.2. The van der Waals surface area contributed by atoms with Crippen molar-refractivity contribution in [2.24, 2.45) is 0 Å². The predicted molar refractivity (Wildman–Crippen MR) is 97.7 cm³/mol. The van der Waals surface area contributed by atoms with Gasteiger partial charge in [-0.3, -0.25) is 4.79 Å². The maximum absolute atomic E-state index is 12.5. The Morgan fingerprint density at radius 3 is 2.88 bits per heavy atom. The van der Waals surface area contributed by atoms with Crippen LogP contribution in [-0.2, 0) is 0 Å². The van der Waals surface area contributed by atoms with E-state index in [2.05, 4.69) is 20.9 Å². The van der Waals surface area contributed by atoms with Gasteiger partial charge in [-0.2, -0.15) is 0 Å². The van der Waals surface area contributed by atoms with Crippen molar-refractivity contribution in [2.45, 2.75) is 25.8 Å². The summed E-state index contributed by atoms with van der Waals surface area (Å²) in [7, 11) is 0. The van der Waals surface area contributed by atoms with Crippen LogP contribution in [0.15, 0.2) is 18.2 Å². The van der Waals surface area contributed by atoms with Crippen molar-refractivity contribution in [3.8, 4) is 17.2 Å². The van der Waals surface area contributed by atoms with Gasteiger partial charge in [0.05, 0.1) is 11.4 Å². The van der Waals surface area contributed by atoms with E-state index in [1.165, 1.54) is 0 Å². The monoisotopic (exact) mass is 379 g/mol. The molecule has 3 heterocycles. The summed E-state index contributed by atoms with van der Waals surface area (Å²) < 4.78 is 12.8. The molecule has 1 amide bonds. The second-order valence-electron chi connectivity index (χ2n) is 6.28. The van der Waals surface area contributed by atoms with E-state index in [0.717, 1.165) is 37.4 Å². The number of halogens is 1. The number of hydrogen-bond donors (Lipinski definition) is 2. The molecule has 140 valence electrons. The molecule has 2 aliphatic rings. The van der Waals surface area contributed by atoms with Crippen LogP contribution < -0.4 is 20.1 Å². The van der Waals surface area contributed by atoms with Crippen LogP contribution in [0, 0.1) is 6.92 Å². The van der Waals surface area contributed by atoms with Gasteiger partial charge in [0, 0.05) is 18.7 Å². The average Bonchev–Trinajstić information content (AvgIpc) is 3.04. The van der Waals surface area contributed by atoms with Crippen molar-refractivity contribution in [3.05, 3.63) is 29.6 Å². The fourth-order valence-electron chi connectivity index (χ4n) is 3.18. The summed E-state index contributed by atoms with van der Waals surface area (Å²) >= 11 is 0. The Morgan fingerprint density at radius 2 is 2.12 bits per heavy atom. The van der Waals surface area contributed by atoms with Gasteiger partial charge >= 0.3 is 0 Å². The standard InChI is InChI=1S/C17H21N5O3.ClH/c1-11-16(17(23)19-12-3-2-6-18-10-12)20-21-22(11)13-4-5-14-15(9-13)25-8-7-24-14;/h4-5,9,12,18H,2-3,6-8,10H2,1H3,(H,19,23);1H/t12-;/m0./s1. The Balaban J connectivity index is 0.00000196. The first-order valence-electron chi connectivity index (χ1n) is 8.56. The molecule has 1 aromatic carbocycles. The highest BCUT2D eigenvalue weighted by atomic mass is 35.5. The van der Waals surface area contributed by atoms with Crippen LogP contribution in [0.5, 0.6) is 11.5 Å². The lowest BCUT2D eigenvalue weighted by Crippen LogP contribution is -2.45. The molecule has 2 N–H and O–H groups in total. The second-order valence-corrected chi connectivity index (χ2v) is 6.28. The molecule has 4 rings (SSSR count). The Hall–Kier alpha value is -2.32. The van der Waals surface area contributed by atoms with Crippen molar-refractivity contribution in [1.82, 2.24) is 25.6 Å². The lowest BCUT2D eigenvalue weighted by atomic mass is 10.1. The number of nitrogens with one attached hydrogen (secondary N) is 2. The number of ether oxygens (including phenoxy) is 2. The first-order chi connectivity index (χ1) is 12.2. The molecule has 2 aromatic rings. The number of carbonyl (C=O) groups is 1. The van der Waals surface area contributed by atoms with E-state index in [4.69, 9.17) is 9.47 Å². The minimum atomic E-state index is -0.185. The number of hydrogen-bond acceptors (Lipinski definition) is 6. The number of fused-ring (bicyclic) bond motifs is 1. The van der Waals surface area contributed by atoms with Crippen molar-refractivity contribution in [3.63, 3.8) is 0 Å². The Morgan fingerprint density at radius 1 is 1.31 bits per heavy atom. The van der Waals surface area contributed by atoms with Gasteiger partial charge in [0.1, 0.15) is 13.2 Å². The molecule has 2 aliphatic heterocycles. The molecule has 1 aromatic heterocycles. The summed E-state index contributed by atoms with van der Waals surface area (Å²) in [5.41, 5.74) is 1.83. The molecule has 0 spiro atoms. The van der Waals surface area contributed by atoms with Gasteiger partial charge in [0.2, 0.25) is 0 Å². The lowest BCUT2D eigenvalue weighted by Gasteiger charge is -2.23. The van der Waals surface area contributed by atoms with E-state index < -0.39 is 0 Å². The topological polar surface area (TPSA) is 90.3 Å². The number of carbonyl (C=O) groups excluding carboxylic acids is 1. The molecule has 1 atom stereocenters. The highest BCUT2D eigenvalue weighted by Gasteiger charge is 2.22. The number of nitrogens with zero attached hydrogens (tertiary/aromatic N) is 3. The molecule has 9 heteroatoms. The summed E-state index contributed by atoms with van der Waals surface area (Å²) in [4.78, 5) is 12.5. The van der Waals surface area contributed by atoms with Gasteiger partial charge < -0.3 is 20.1 Å². The van der Waals surface area contributed by atoms with Crippen LogP contribution in [0.1, 0.15) is 29.0 Å². The SMILES string of the molecule is Cc1c(C(=O)N[C@H]2CCCNC2)nnn1-c1ccc2c(c1)OCCO2.Cl. The summed E-state index contributed by atoms with van der Waals surface area (Å²) in [6.07, 6.45) is 2.04. The minimum absolute atomic E-state index is 0. The summed E-state index contributed by atoms with van der Waals surface area (Å²) in [5, 5.41) is 14.5. The van der Waals surface area contributed by atoms with Crippen LogP contribution in [-0.4, -0.2) is 53.2 Å². The Kier molecular flexibility index (Phi) is 5.63. The average molecular weight is 380 g/mol. The smallest absolute Gasteiger partial charge is 0.274 e. The second kappa shape index (κ2) is 7.92. The molecule has 0 unspecified atom stereocenters. The molecule has 1 fully saturated rings. The van der Waals surface area contributed by atoms with Crippen LogP contribution in [0.4, 0.5) is 0 Å². The molecular formula is C17H22ClN5O3. The van der Waals surface area contributed by atoms with Gasteiger partial charge in [-0.1, -0.05) is 5.21 Å². The predicted octanol–water partition coefficient (Wildman–Crippen LogP) is 1.25. The highest BCUT2D eigenvalue weighted by molar-refractivity contribution is 5.93. The highest BCUT2D eigenvalue weighted by Crippen LogP contribution is 2.32. The van der Waals surface area contributed by atoms with Gasteiger partial charge in [0.25, 0.3) is 5.91 Å². The molecule has 8 nitrogen and oxygen atoms in total. The third kappa shape index (κ3) is 3.61. The van der Waals surface area contributed by atoms with Crippen LogP contribution in [0.25, 0.3) is 5.69 Å². The van der Waals surface area contributed by atoms with E-state index in [1.807, 2.05) is 25.1 Å². The molecule has 0 saturated carbocycles. The molecule has 1 saturated heterocycles. The zero-order valence-corrected chi connectivity index (χ0v) is 15.3. The van der Waals surface area contributed by atoms with Crippen molar-refractivity contribution >= 4 is 18.3 Å². The van der Waals surface area contributed by atoms with E-state index in [1.54, 1.807) is 4.68 Å². The van der Waals surface area contributed by atoms with E-state index in [-0.39, 0.29) is 24.4 Å². The van der Waals surface area contributed by atoms with Gasteiger partial charge in [0.15, 0.2) is 17.2 Å². The van der Waals surface area contributed by atoms with Crippen LogP contribution in [0.3, 0.4) is 0 Å². The van der Waals surface area contributed by atoms with E-state index in [0.29, 0.717) is 30.4 Å². The first kappa shape index (κ1) is 18.5. The van der Waals surface area contributed by atoms with E-state index in [9.17, 15) is 4.79 Å². The molecule has 26 heavy (non-hydrogen) atoms. The number of rotatable bonds is 3. The summed E-state index contributed by atoms with van der Waals surface area (Å²) in [5.74, 6) is 1.21. The minimum Gasteiger partial charge on any atom is -0.486 e. The zero-order valence-electron chi connectivity index (χ0n) is 14.5. The van der Waals surface area contributed by atoms with Crippen LogP contribution >= 0.6 is 12.4 Å². The fraction of sp³-hybridized carbons (Fsp3) is 0.471. The Labute approximate surface area is 157 Å². The largest absolute Gasteiger partial charge is 0.486 e. The third-order valence-electron chi connectivity index (χ3n) is 4.51. The quantitative estimate of drug-likeness (QED) is 0.834. The van der Waals surface area contributed by atoms with Gasteiger partial charge in [-0.25, -0.2) is 4.68 Å². The van der Waals surface area contributed by atoms with Crippen LogP contribution in [0.2, 0.25) is 0 Å². The molecular weight excluding hydrogens is 358 g/mol. The number of benzene rings is 1. The molecule has 0 bridgehead atoms. The van der Waals surface area contributed by atoms with Gasteiger partial charge in [-0.15, -0.1) is 17.5 Å². The normalized spacial score (nSPS) is 18.7. The first-order valence-corrected chi connectivity index (χ1v) is 8.56. The number of amides is 1. The van der Waals surface area contributed by atoms with E-state index >= 15 is 0 Å². The number of aromatic nitrogens is 3. The number of piperidine rings is 1. The molecule has 0 radical (unpaired) electrons. The van der Waals surface area contributed by atoms with Crippen molar-refractivity contribution in [1.29, 1.82) is 0 Å². The fourth-order valence-corrected chi connectivity index (χ4v) is 3.18. The summed E-state index contributed by atoms with van der Waals surface area (Å²) in [6, 6.07) is 5.71. The molecule has 0 aliphatic carbocycles. The third-order valence-corrected chi connectivity index (χ3v) is 4.51. The van der Waals surface area contributed by atoms with Crippen molar-refractivity contribution in [2.75, 3.05) is 26.3 Å². The maximum atomic E-state index is 12.5. The maximum Gasteiger partial charge on any atom is 0.274 e. The Bertz CT molecular complexity index is 789. The van der Waals surface area contributed by atoms with Crippen molar-refractivity contribution < 1.29 is 14.3 Å². The van der Waals surface area contributed by atoms with Gasteiger partial charge in [-0.05, 0) is 38.4 Å². The lowest BCUT2D eigenvalue weighted by molar-refractivity contribution is 0.0925. The summed E-state index contributed by atoms with van der Waals surface area (Å²) in [6.45, 7) is 4.71.